The van der Waals surface area contributed by atoms with Gasteiger partial charge >= 0.3 is 0 Å². The van der Waals surface area contributed by atoms with Gasteiger partial charge in [0.25, 0.3) is 5.91 Å². The molecular weight excluding hydrogens is 454 g/mol. The number of nitrogens with zero attached hydrogens (tertiary/aromatic N) is 1. The number of amides is 1. The number of fused-ring (bicyclic) bond motifs is 1. The molecule has 0 bridgehead atoms. The van der Waals surface area contributed by atoms with E-state index < -0.39 is 11.5 Å². The zero-order valence-electron chi connectivity index (χ0n) is 15.3. The highest BCUT2D eigenvalue weighted by molar-refractivity contribution is 9.10. The lowest BCUT2D eigenvalue weighted by molar-refractivity contribution is -0.136. The van der Waals surface area contributed by atoms with Crippen LogP contribution < -0.4 is 4.90 Å². The SMILES string of the molecule is O=C(CC1(O)C(=O)N(Cc2cccc(Cl)c2)c2ccccc21)c1cccc(Br)c1. The molecular formula is C23H17BrClNO3. The lowest BCUT2D eigenvalue weighted by Gasteiger charge is -2.23. The molecule has 4 rings (SSSR count). The summed E-state index contributed by atoms with van der Waals surface area (Å²) >= 11 is 9.42. The number of para-hydroxylation sites is 1. The van der Waals surface area contributed by atoms with Crippen molar-refractivity contribution >= 4 is 44.9 Å². The summed E-state index contributed by atoms with van der Waals surface area (Å²) in [4.78, 5) is 27.7. The molecule has 146 valence electrons. The van der Waals surface area contributed by atoms with Gasteiger partial charge in [-0.05, 0) is 35.9 Å². The van der Waals surface area contributed by atoms with Crippen molar-refractivity contribution < 1.29 is 14.7 Å². The Bertz CT molecular complexity index is 1120. The molecule has 1 atom stereocenters. The number of rotatable bonds is 5. The Kier molecular flexibility index (Phi) is 5.30. The third-order valence-electron chi connectivity index (χ3n) is 5.03. The molecule has 3 aromatic rings. The fourth-order valence-corrected chi connectivity index (χ4v) is 4.26. The molecule has 1 aliphatic heterocycles. The number of ketones is 1. The molecule has 1 heterocycles. The van der Waals surface area contributed by atoms with E-state index in [-0.39, 0.29) is 18.7 Å². The van der Waals surface area contributed by atoms with Crippen molar-refractivity contribution in [1.82, 2.24) is 0 Å². The van der Waals surface area contributed by atoms with Gasteiger partial charge in [0.05, 0.1) is 18.7 Å². The molecule has 1 N–H and O–H groups in total. The van der Waals surface area contributed by atoms with Gasteiger partial charge in [0, 0.05) is 20.6 Å². The van der Waals surface area contributed by atoms with E-state index in [1.165, 1.54) is 4.90 Å². The number of Topliss-reactive ketones (excluding diaryl/α,β-unsaturated/α-hetero) is 1. The first-order valence-electron chi connectivity index (χ1n) is 9.05. The molecule has 0 spiro atoms. The zero-order chi connectivity index (χ0) is 20.6. The number of benzene rings is 3. The van der Waals surface area contributed by atoms with E-state index >= 15 is 0 Å². The molecule has 4 nitrogen and oxygen atoms in total. The fourth-order valence-electron chi connectivity index (χ4n) is 3.65. The van der Waals surface area contributed by atoms with E-state index in [9.17, 15) is 14.7 Å². The minimum absolute atomic E-state index is 0.254. The van der Waals surface area contributed by atoms with Gasteiger partial charge in [-0.3, -0.25) is 9.59 Å². The van der Waals surface area contributed by atoms with Crippen LogP contribution in [0, 0.1) is 0 Å². The van der Waals surface area contributed by atoms with Crippen LogP contribution in [-0.2, 0) is 16.9 Å². The third-order valence-corrected chi connectivity index (χ3v) is 5.76. The van der Waals surface area contributed by atoms with Gasteiger partial charge in [-0.2, -0.15) is 0 Å². The largest absolute Gasteiger partial charge is 0.375 e. The van der Waals surface area contributed by atoms with Crippen molar-refractivity contribution in [1.29, 1.82) is 0 Å². The molecule has 1 aliphatic rings. The first-order valence-corrected chi connectivity index (χ1v) is 10.2. The molecule has 3 aromatic carbocycles. The number of halogens is 2. The minimum Gasteiger partial charge on any atom is -0.375 e. The lowest BCUT2D eigenvalue weighted by Crippen LogP contribution is -2.41. The summed E-state index contributed by atoms with van der Waals surface area (Å²) in [6.07, 6.45) is -0.328. The number of carbonyl (C=O) groups is 2. The van der Waals surface area contributed by atoms with Crippen LogP contribution in [0.4, 0.5) is 5.69 Å². The van der Waals surface area contributed by atoms with Gasteiger partial charge in [-0.1, -0.05) is 70.0 Å². The zero-order valence-corrected chi connectivity index (χ0v) is 17.7. The molecule has 0 aliphatic carbocycles. The summed E-state index contributed by atoms with van der Waals surface area (Å²) < 4.78 is 0.760. The van der Waals surface area contributed by atoms with E-state index in [1.807, 2.05) is 18.2 Å². The Morgan fingerprint density at radius 1 is 1.03 bits per heavy atom. The summed E-state index contributed by atoms with van der Waals surface area (Å²) in [7, 11) is 0. The Morgan fingerprint density at radius 2 is 1.79 bits per heavy atom. The van der Waals surface area contributed by atoms with Crippen LogP contribution in [0.3, 0.4) is 0 Å². The molecule has 1 unspecified atom stereocenters. The van der Waals surface area contributed by atoms with Crippen LogP contribution in [0.25, 0.3) is 0 Å². The maximum Gasteiger partial charge on any atom is 0.264 e. The second-order valence-corrected chi connectivity index (χ2v) is 8.36. The Morgan fingerprint density at radius 3 is 2.55 bits per heavy atom. The molecule has 0 fully saturated rings. The predicted octanol–water partition coefficient (Wildman–Crippen LogP) is 5.11. The fraction of sp³-hybridized carbons (Fsp3) is 0.130. The van der Waals surface area contributed by atoms with Crippen molar-refractivity contribution in [2.75, 3.05) is 4.90 Å². The number of anilines is 1. The van der Waals surface area contributed by atoms with Crippen molar-refractivity contribution in [2.24, 2.45) is 0 Å². The highest BCUT2D eigenvalue weighted by atomic mass is 79.9. The number of hydrogen-bond acceptors (Lipinski definition) is 3. The molecule has 0 radical (unpaired) electrons. The number of carbonyl (C=O) groups excluding carboxylic acids is 2. The lowest BCUT2D eigenvalue weighted by atomic mass is 9.88. The summed E-state index contributed by atoms with van der Waals surface area (Å²) in [5, 5.41) is 11.9. The second-order valence-electron chi connectivity index (χ2n) is 7.01. The minimum atomic E-state index is -1.91. The van der Waals surface area contributed by atoms with Crippen molar-refractivity contribution in [3.8, 4) is 0 Å². The normalized spacial score (nSPS) is 18.0. The molecule has 0 aromatic heterocycles. The van der Waals surface area contributed by atoms with Crippen molar-refractivity contribution in [2.45, 2.75) is 18.6 Å². The van der Waals surface area contributed by atoms with E-state index in [1.54, 1.807) is 54.6 Å². The van der Waals surface area contributed by atoms with Crippen molar-refractivity contribution in [3.63, 3.8) is 0 Å². The maximum absolute atomic E-state index is 13.3. The summed E-state index contributed by atoms with van der Waals surface area (Å²) in [5.74, 6) is -0.816. The molecule has 1 amide bonds. The standard InChI is InChI=1S/C23H17BrClNO3/c24-17-7-4-6-16(12-17)21(27)13-23(29)19-9-1-2-10-20(19)26(22(23)28)14-15-5-3-8-18(25)11-15/h1-12,29H,13-14H2. The highest BCUT2D eigenvalue weighted by Crippen LogP contribution is 2.43. The summed E-state index contributed by atoms with van der Waals surface area (Å²) in [6, 6.07) is 21.2. The van der Waals surface area contributed by atoms with E-state index in [0.29, 0.717) is 21.8 Å². The quantitative estimate of drug-likeness (QED) is 0.527. The van der Waals surface area contributed by atoms with Gasteiger partial charge in [0.15, 0.2) is 11.4 Å². The van der Waals surface area contributed by atoms with Crippen LogP contribution in [0.1, 0.15) is 27.9 Å². The predicted molar refractivity (Wildman–Crippen MR) is 116 cm³/mol. The van der Waals surface area contributed by atoms with Crippen molar-refractivity contribution in [3.05, 3.63) is 99.0 Å². The molecule has 0 saturated carbocycles. The van der Waals surface area contributed by atoms with Crippen LogP contribution in [0.2, 0.25) is 5.02 Å². The second kappa shape index (κ2) is 7.75. The molecule has 6 heteroatoms. The van der Waals surface area contributed by atoms with Gasteiger partial charge in [0.1, 0.15) is 0 Å². The Labute approximate surface area is 181 Å². The number of hydrogen-bond donors (Lipinski definition) is 1. The van der Waals surface area contributed by atoms with Crippen LogP contribution in [0.15, 0.2) is 77.3 Å². The maximum atomic E-state index is 13.3. The smallest absolute Gasteiger partial charge is 0.264 e. The van der Waals surface area contributed by atoms with Crippen LogP contribution in [0.5, 0.6) is 0 Å². The van der Waals surface area contributed by atoms with Gasteiger partial charge in [-0.25, -0.2) is 0 Å². The monoisotopic (exact) mass is 469 g/mol. The Balaban J connectivity index is 1.68. The first kappa shape index (κ1) is 19.8. The molecule has 29 heavy (non-hydrogen) atoms. The van der Waals surface area contributed by atoms with Crippen LogP contribution in [-0.4, -0.2) is 16.8 Å². The van der Waals surface area contributed by atoms with Gasteiger partial charge < -0.3 is 10.0 Å². The van der Waals surface area contributed by atoms with Gasteiger partial charge in [0.2, 0.25) is 0 Å². The average Bonchev–Trinajstić information content (AvgIpc) is 2.90. The van der Waals surface area contributed by atoms with E-state index in [2.05, 4.69) is 15.9 Å². The Hall–Kier alpha value is -2.47. The van der Waals surface area contributed by atoms with E-state index in [4.69, 9.17) is 11.6 Å². The summed E-state index contributed by atoms with van der Waals surface area (Å²) in [6.45, 7) is 0.254. The van der Waals surface area contributed by atoms with Crippen LogP contribution >= 0.6 is 27.5 Å². The molecule has 0 saturated heterocycles. The average molecular weight is 471 g/mol. The summed E-state index contributed by atoms with van der Waals surface area (Å²) in [5.41, 5.74) is 0.404. The highest BCUT2D eigenvalue weighted by Gasteiger charge is 2.50. The number of aliphatic hydroxyl groups is 1. The third kappa shape index (κ3) is 3.73. The first-order chi connectivity index (χ1) is 13.9. The van der Waals surface area contributed by atoms with Gasteiger partial charge in [-0.15, -0.1) is 0 Å². The topological polar surface area (TPSA) is 57.6 Å². The van der Waals surface area contributed by atoms with E-state index in [0.717, 1.165) is 10.0 Å².